The number of rotatable bonds is 7. The van der Waals surface area contributed by atoms with Crippen LogP contribution in [0.15, 0.2) is 115 Å². The monoisotopic (exact) mass is 570 g/mol. The summed E-state index contributed by atoms with van der Waals surface area (Å²) in [6.07, 6.45) is 2.98. The Balaban J connectivity index is 1.54. The summed E-state index contributed by atoms with van der Waals surface area (Å²) in [6.45, 7) is 0. The average Bonchev–Trinajstić information content (AvgIpc) is 3.39. The molecule has 0 aromatic heterocycles. The Morgan fingerprint density at radius 1 is 0.837 bits per heavy atom. The lowest BCUT2D eigenvalue weighted by atomic mass is 9.67. The van der Waals surface area contributed by atoms with Gasteiger partial charge in [-0.2, -0.15) is 5.26 Å². The number of esters is 2. The molecular formula is C36H30N2O5. The molecule has 4 aromatic rings. The highest BCUT2D eigenvalue weighted by Gasteiger charge is 2.68. The topological polar surface area (TPSA) is 88.9 Å². The van der Waals surface area contributed by atoms with Crippen LogP contribution in [0.3, 0.4) is 0 Å². The molecule has 0 unspecified atom stereocenters. The Morgan fingerprint density at radius 2 is 1.44 bits per heavy atom. The van der Waals surface area contributed by atoms with E-state index in [0.29, 0.717) is 11.3 Å². The van der Waals surface area contributed by atoms with Crippen LogP contribution >= 0.6 is 0 Å². The Bertz CT molecular complexity index is 1660. The Morgan fingerprint density at radius 3 is 2.02 bits per heavy atom. The van der Waals surface area contributed by atoms with Crippen molar-refractivity contribution in [2.24, 2.45) is 5.41 Å². The summed E-state index contributed by atoms with van der Waals surface area (Å²) >= 11 is 0. The second kappa shape index (κ2) is 11.5. The van der Waals surface area contributed by atoms with E-state index in [1.807, 2.05) is 91.0 Å². The Hall–Kier alpha value is -5.35. The van der Waals surface area contributed by atoms with E-state index in [4.69, 9.17) is 14.2 Å². The first-order valence-electron chi connectivity index (χ1n) is 14.0. The van der Waals surface area contributed by atoms with Crippen LogP contribution in [0.2, 0.25) is 0 Å². The number of nitriles is 1. The molecule has 0 bridgehead atoms. The standard InChI is InChI=1S/C36H30N2O5/c1-41-28-19-17-25(18-20-28)30-31(34(39)43-32(26-12-5-3-6-13-26)27-14-7-4-8-15-27)38-22-21-24-11-9-10-16-29(24)33(38)36(30,23-37)35(40)42-2/h3-22,30-33H,1-2H3/t30-,31-,33-,36-/m1/s1. The molecule has 7 nitrogen and oxygen atoms in total. The highest BCUT2D eigenvalue weighted by molar-refractivity contribution is 5.89. The molecule has 0 aliphatic carbocycles. The average molecular weight is 571 g/mol. The van der Waals surface area contributed by atoms with Gasteiger partial charge in [0.05, 0.1) is 26.3 Å². The van der Waals surface area contributed by atoms with Crippen molar-refractivity contribution in [2.75, 3.05) is 14.2 Å². The molecule has 0 N–H and O–H groups in total. The molecule has 6 rings (SSSR count). The van der Waals surface area contributed by atoms with Gasteiger partial charge in [-0.05, 0) is 46.0 Å². The smallest absolute Gasteiger partial charge is 0.330 e. The van der Waals surface area contributed by atoms with Crippen LogP contribution in [-0.2, 0) is 19.1 Å². The third kappa shape index (κ3) is 4.61. The summed E-state index contributed by atoms with van der Waals surface area (Å²) in [7, 11) is 2.84. The summed E-state index contributed by atoms with van der Waals surface area (Å²) in [4.78, 5) is 30.3. The van der Waals surface area contributed by atoms with Crippen molar-refractivity contribution in [2.45, 2.75) is 24.1 Å². The number of hydrogen-bond acceptors (Lipinski definition) is 7. The van der Waals surface area contributed by atoms with Crippen LogP contribution in [0.4, 0.5) is 0 Å². The molecule has 1 saturated heterocycles. The highest BCUT2D eigenvalue weighted by atomic mass is 16.5. The molecule has 214 valence electrons. The molecule has 0 spiro atoms. The molecular weight excluding hydrogens is 540 g/mol. The normalized spacial score (nSPS) is 21.8. The summed E-state index contributed by atoms with van der Waals surface area (Å²) in [5.74, 6) is -1.60. The van der Waals surface area contributed by atoms with E-state index < -0.39 is 41.5 Å². The molecule has 2 heterocycles. The van der Waals surface area contributed by atoms with Gasteiger partial charge >= 0.3 is 11.9 Å². The van der Waals surface area contributed by atoms with Crippen LogP contribution in [-0.4, -0.2) is 37.1 Å². The summed E-state index contributed by atoms with van der Waals surface area (Å²) in [6, 6.07) is 34.2. The number of carbonyl (C=O) groups is 2. The molecule has 2 aliphatic heterocycles. The number of hydrogen-bond donors (Lipinski definition) is 0. The number of benzene rings is 4. The SMILES string of the molecule is COC(=O)[C@]1(C#N)[C@H](c2ccc(OC)cc2)[C@H](C(=O)OC(c2ccccc2)c2ccccc2)N2C=Cc3ccccc3[C@@H]21. The minimum absolute atomic E-state index is 0.561. The van der Waals surface area contributed by atoms with Gasteiger partial charge in [0.1, 0.15) is 11.8 Å². The maximum absolute atomic E-state index is 14.6. The van der Waals surface area contributed by atoms with Crippen molar-refractivity contribution in [3.63, 3.8) is 0 Å². The zero-order chi connectivity index (χ0) is 30.0. The summed E-state index contributed by atoms with van der Waals surface area (Å²) in [5, 5.41) is 11.0. The lowest BCUT2D eigenvalue weighted by Crippen LogP contribution is -2.41. The van der Waals surface area contributed by atoms with Gasteiger partial charge in [0, 0.05) is 12.1 Å². The summed E-state index contributed by atoms with van der Waals surface area (Å²) < 4.78 is 17.1. The van der Waals surface area contributed by atoms with Crippen molar-refractivity contribution >= 4 is 18.0 Å². The van der Waals surface area contributed by atoms with Gasteiger partial charge in [0.25, 0.3) is 0 Å². The van der Waals surface area contributed by atoms with Crippen molar-refractivity contribution in [1.82, 2.24) is 4.90 Å². The first kappa shape index (κ1) is 27.8. The third-order valence-electron chi connectivity index (χ3n) is 8.44. The largest absolute Gasteiger partial charge is 0.497 e. The molecule has 0 radical (unpaired) electrons. The maximum atomic E-state index is 14.6. The number of fused-ring (bicyclic) bond motifs is 3. The number of ether oxygens (including phenoxy) is 3. The molecule has 43 heavy (non-hydrogen) atoms. The van der Waals surface area contributed by atoms with Crippen LogP contribution < -0.4 is 4.74 Å². The van der Waals surface area contributed by atoms with Crippen LogP contribution in [0.5, 0.6) is 5.75 Å². The Labute approximate surface area is 250 Å². The van der Waals surface area contributed by atoms with E-state index in [1.165, 1.54) is 7.11 Å². The van der Waals surface area contributed by atoms with E-state index in [-0.39, 0.29) is 0 Å². The van der Waals surface area contributed by atoms with Gasteiger partial charge in [-0.1, -0.05) is 97.1 Å². The quantitative estimate of drug-likeness (QED) is 0.244. The molecule has 2 aliphatic rings. The number of carbonyl (C=O) groups excluding carboxylic acids is 2. The van der Waals surface area contributed by atoms with E-state index in [1.54, 1.807) is 42.5 Å². The highest BCUT2D eigenvalue weighted by Crippen LogP contribution is 2.60. The second-order valence-electron chi connectivity index (χ2n) is 10.6. The second-order valence-corrected chi connectivity index (χ2v) is 10.6. The first-order valence-corrected chi connectivity index (χ1v) is 14.0. The Kier molecular flexibility index (Phi) is 7.43. The first-order chi connectivity index (χ1) is 21.0. The lowest BCUT2D eigenvalue weighted by molar-refractivity contribution is -0.153. The van der Waals surface area contributed by atoms with Gasteiger partial charge in [-0.15, -0.1) is 0 Å². The van der Waals surface area contributed by atoms with Crippen molar-refractivity contribution in [3.05, 3.63) is 143 Å². The molecule has 7 heteroatoms. The predicted molar refractivity (Wildman–Crippen MR) is 160 cm³/mol. The lowest BCUT2D eigenvalue weighted by Gasteiger charge is -2.36. The van der Waals surface area contributed by atoms with Crippen LogP contribution in [0, 0.1) is 16.7 Å². The van der Waals surface area contributed by atoms with Crippen molar-refractivity contribution in [3.8, 4) is 11.8 Å². The zero-order valence-corrected chi connectivity index (χ0v) is 23.8. The maximum Gasteiger partial charge on any atom is 0.330 e. The van der Waals surface area contributed by atoms with Gasteiger partial charge in [0.2, 0.25) is 0 Å². The fourth-order valence-electron chi connectivity index (χ4n) is 6.52. The van der Waals surface area contributed by atoms with E-state index in [0.717, 1.165) is 22.3 Å². The van der Waals surface area contributed by atoms with Crippen LogP contribution in [0.1, 0.15) is 45.9 Å². The van der Waals surface area contributed by atoms with Crippen LogP contribution in [0.25, 0.3) is 6.08 Å². The predicted octanol–water partition coefficient (Wildman–Crippen LogP) is 6.20. The van der Waals surface area contributed by atoms with Gasteiger partial charge in [0.15, 0.2) is 11.5 Å². The van der Waals surface area contributed by atoms with Gasteiger partial charge in [-0.25, -0.2) is 4.79 Å². The van der Waals surface area contributed by atoms with E-state index in [9.17, 15) is 14.9 Å². The van der Waals surface area contributed by atoms with Crippen molar-refractivity contribution in [1.29, 1.82) is 5.26 Å². The molecule has 0 saturated carbocycles. The minimum Gasteiger partial charge on any atom is -0.497 e. The zero-order valence-electron chi connectivity index (χ0n) is 23.8. The van der Waals surface area contributed by atoms with Gasteiger partial charge in [-0.3, -0.25) is 4.79 Å². The van der Waals surface area contributed by atoms with Gasteiger partial charge < -0.3 is 19.1 Å². The third-order valence-corrected chi connectivity index (χ3v) is 8.44. The number of methoxy groups -OCH3 is 2. The number of nitrogens with zero attached hydrogens (tertiary/aromatic N) is 2. The molecule has 1 fully saturated rings. The van der Waals surface area contributed by atoms with Crippen molar-refractivity contribution < 1.29 is 23.8 Å². The van der Waals surface area contributed by atoms with E-state index in [2.05, 4.69) is 6.07 Å². The molecule has 0 amide bonds. The molecule has 4 atom stereocenters. The minimum atomic E-state index is -1.77. The summed E-state index contributed by atoms with van der Waals surface area (Å²) in [5.41, 5.74) is 2.07. The fraction of sp³-hybridized carbons (Fsp3) is 0.194. The molecule has 4 aromatic carbocycles. The fourth-order valence-corrected chi connectivity index (χ4v) is 6.52. The van der Waals surface area contributed by atoms with E-state index >= 15 is 0 Å².